The van der Waals surface area contributed by atoms with Gasteiger partial charge < -0.3 is 4.98 Å². The number of nitrogens with one attached hydrogen (secondary N) is 1. The van der Waals surface area contributed by atoms with Gasteiger partial charge in [-0.2, -0.15) is 0 Å². The number of thioether (sulfide) groups is 1. The third-order valence-corrected chi connectivity index (χ3v) is 3.93. The predicted molar refractivity (Wildman–Crippen MR) is 79.7 cm³/mol. The average molecular weight is 274 g/mol. The lowest BCUT2D eigenvalue weighted by Crippen LogP contribution is -2.09. The monoisotopic (exact) mass is 274 g/mol. The molecular weight excluding hydrogens is 256 g/mol. The van der Waals surface area contributed by atoms with Crippen LogP contribution in [0, 0.1) is 13.8 Å². The van der Waals surface area contributed by atoms with E-state index in [1.54, 1.807) is 17.8 Å². The zero-order valence-corrected chi connectivity index (χ0v) is 12.3. The van der Waals surface area contributed by atoms with Crippen LogP contribution in [-0.4, -0.2) is 9.97 Å². The van der Waals surface area contributed by atoms with Crippen molar-refractivity contribution in [1.29, 1.82) is 0 Å². The fraction of sp³-hybridized carbons (Fsp3) is 0.333. The van der Waals surface area contributed by atoms with Gasteiger partial charge >= 0.3 is 0 Å². The normalized spacial score (nSPS) is 10.7. The van der Waals surface area contributed by atoms with E-state index in [1.165, 1.54) is 16.7 Å². The molecule has 0 aliphatic heterocycles. The summed E-state index contributed by atoms with van der Waals surface area (Å²) in [6, 6.07) is 7.98. The van der Waals surface area contributed by atoms with Crippen LogP contribution in [-0.2, 0) is 12.2 Å². The summed E-state index contributed by atoms with van der Waals surface area (Å²) in [4.78, 5) is 18.7. The van der Waals surface area contributed by atoms with Gasteiger partial charge in [0.05, 0.1) is 0 Å². The van der Waals surface area contributed by atoms with Crippen molar-refractivity contribution in [2.75, 3.05) is 0 Å². The Labute approximate surface area is 117 Å². The van der Waals surface area contributed by atoms with Crippen molar-refractivity contribution in [3.05, 3.63) is 57.0 Å². The van der Waals surface area contributed by atoms with Gasteiger partial charge in [-0.15, -0.1) is 0 Å². The summed E-state index contributed by atoms with van der Waals surface area (Å²) in [6.45, 7) is 6.19. The molecule has 0 amide bonds. The van der Waals surface area contributed by atoms with Crippen LogP contribution < -0.4 is 5.56 Å². The fourth-order valence-electron chi connectivity index (χ4n) is 1.83. The average Bonchev–Trinajstić information content (AvgIpc) is 2.39. The van der Waals surface area contributed by atoms with Gasteiger partial charge in [-0.1, -0.05) is 42.4 Å². The Hall–Kier alpha value is -1.55. The van der Waals surface area contributed by atoms with Crippen LogP contribution in [0.1, 0.15) is 29.3 Å². The van der Waals surface area contributed by atoms with Crippen LogP contribution in [0.5, 0.6) is 0 Å². The molecule has 0 aliphatic carbocycles. The zero-order chi connectivity index (χ0) is 13.8. The first kappa shape index (κ1) is 13.9. The molecule has 0 spiro atoms. The van der Waals surface area contributed by atoms with Crippen molar-refractivity contribution in [3.8, 4) is 0 Å². The smallest absolute Gasteiger partial charge is 0.251 e. The van der Waals surface area contributed by atoms with Gasteiger partial charge in [0.2, 0.25) is 0 Å². The summed E-state index contributed by atoms with van der Waals surface area (Å²) in [5.74, 6) is 0.823. The molecule has 0 saturated carbocycles. The molecule has 1 N–H and O–H groups in total. The number of nitrogens with zero attached hydrogens (tertiary/aromatic N) is 1. The quantitative estimate of drug-likeness (QED) is 0.687. The van der Waals surface area contributed by atoms with Gasteiger partial charge in [-0.25, -0.2) is 4.98 Å². The molecular formula is C15H18N2OS. The summed E-state index contributed by atoms with van der Waals surface area (Å²) in [5, 5.41) is 0.699. The second-order valence-corrected chi connectivity index (χ2v) is 5.58. The van der Waals surface area contributed by atoms with Crippen molar-refractivity contribution < 1.29 is 0 Å². The first-order chi connectivity index (χ1) is 9.08. The molecule has 0 bridgehead atoms. The Balaban J connectivity index is 2.16. The lowest BCUT2D eigenvalue weighted by atomic mass is 10.1. The number of benzene rings is 1. The van der Waals surface area contributed by atoms with Crippen LogP contribution >= 0.6 is 11.8 Å². The summed E-state index contributed by atoms with van der Waals surface area (Å²) < 4.78 is 0. The highest BCUT2D eigenvalue weighted by Gasteiger charge is 2.04. The molecule has 0 radical (unpaired) electrons. The highest BCUT2D eigenvalue weighted by Crippen LogP contribution is 2.21. The lowest BCUT2D eigenvalue weighted by Gasteiger charge is -2.07. The van der Waals surface area contributed by atoms with Crippen molar-refractivity contribution in [2.24, 2.45) is 0 Å². The molecule has 2 aromatic rings. The molecule has 0 aliphatic rings. The van der Waals surface area contributed by atoms with Gasteiger partial charge in [0.15, 0.2) is 5.16 Å². The van der Waals surface area contributed by atoms with Crippen LogP contribution in [0.3, 0.4) is 0 Å². The highest BCUT2D eigenvalue weighted by molar-refractivity contribution is 7.98. The number of hydrogen-bond acceptors (Lipinski definition) is 3. The van der Waals surface area contributed by atoms with Gasteiger partial charge in [0, 0.05) is 17.5 Å². The molecule has 3 nitrogen and oxygen atoms in total. The SMILES string of the molecule is CCc1cc(=O)[nH]c(SCc2cc(C)ccc2C)n1. The maximum absolute atomic E-state index is 11.5. The van der Waals surface area contributed by atoms with Crippen molar-refractivity contribution in [3.63, 3.8) is 0 Å². The van der Waals surface area contributed by atoms with Crippen molar-refractivity contribution >= 4 is 11.8 Å². The number of hydrogen-bond donors (Lipinski definition) is 1. The summed E-state index contributed by atoms with van der Waals surface area (Å²) >= 11 is 1.57. The molecule has 19 heavy (non-hydrogen) atoms. The highest BCUT2D eigenvalue weighted by atomic mass is 32.2. The van der Waals surface area contributed by atoms with Crippen LogP contribution in [0.25, 0.3) is 0 Å². The molecule has 0 unspecified atom stereocenters. The summed E-state index contributed by atoms with van der Waals surface area (Å²) in [5.41, 5.74) is 4.58. The Kier molecular flexibility index (Phi) is 4.43. The summed E-state index contributed by atoms with van der Waals surface area (Å²) in [7, 11) is 0. The maximum atomic E-state index is 11.5. The van der Waals surface area contributed by atoms with E-state index in [0.29, 0.717) is 5.16 Å². The predicted octanol–water partition coefficient (Wildman–Crippen LogP) is 3.24. The first-order valence-corrected chi connectivity index (χ1v) is 7.36. The first-order valence-electron chi connectivity index (χ1n) is 6.37. The Bertz CT molecular complexity index is 634. The van der Waals surface area contributed by atoms with Gasteiger partial charge in [0.1, 0.15) is 0 Å². The van der Waals surface area contributed by atoms with Crippen molar-refractivity contribution in [1.82, 2.24) is 9.97 Å². The van der Waals surface area contributed by atoms with E-state index in [0.717, 1.165) is 17.9 Å². The molecule has 1 aromatic heterocycles. The number of aromatic amines is 1. The van der Waals surface area contributed by atoms with E-state index in [1.807, 2.05) is 6.92 Å². The van der Waals surface area contributed by atoms with E-state index in [9.17, 15) is 4.79 Å². The number of H-pyrrole nitrogens is 1. The molecule has 0 saturated heterocycles. The maximum Gasteiger partial charge on any atom is 0.251 e. The fourth-order valence-corrected chi connectivity index (χ4v) is 2.79. The number of aryl methyl sites for hydroxylation is 3. The van der Waals surface area contributed by atoms with Crippen molar-refractivity contribution in [2.45, 2.75) is 38.1 Å². The molecule has 1 heterocycles. The lowest BCUT2D eigenvalue weighted by molar-refractivity contribution is 0.868. The van der Waals surface area contributed by atoms with E-state index >= 15 is 0 Å². The Morgan fingerprint density at radius 1 is 1.26 bits per heavy atom. The van der Waals surface area contributed by atoms with E-state index in [-0.39, 0.29) is 5.56 Å². The number of rotatable bonds is 4. The van der Waals surface area contributed by atoms with E-state index < -0.39 is 0 Å². The van der Waals surface area contributed by atoms with Gasteiger partial charge in [-0.3, -0.25) is 4.79 Å². The molecule has 4 heteroatoms. The minimum atomic E-state index is -0.0738. The largest absolute Gasteiger partial charge is 0.301 e. The van der Waals surface area contributed by atoms with Gasteiger partial charge in [0.25, 0.3) is 5.56 Å². The van der Waals surface area contributed by atoms with Crippen LogP contribution in [0.4, 0.5) is 0 Å². The Morgan fingerprint density at radius 2 is 2.05 bits per heavy atom. The van der Waals surface area contributed by atoms with E-state index in [2.05, 4.69) is 42.0 Å². The van der Waals surface area contributed by atoms with E-state index in [4.69, 9.17) is 0 Å². The molecule has 0 fully saturated rings. The third-order valence-electron chi connectivity index (χ3n) is 3.00. The molecule has 0 atom stereocenters. The second-order valence-electron chi connectivity index (χ2n) is 4.61. The Morgan fingerprint density at radius 3 is 2.79 bits per heavy atom. The van der Waals surface area contributed by atoms with Crippen LogP contribution in [0.2, 0.25) is 0 Å². The zero-order valence-electron chi connectivity index (χ0n) is 11.5. The number of aromatic nitrogens is 2. The minimum absolute atomic E-state index is 0.0738. The second kappa shape index (κ2) is 6.06. The standard InChI is InChI=1S/C15H18N2OS/c1-4-13-8-14(18)17-15(16-13)19-9-12-7-10(2)5-6-11(12)3/h5-8H,4,9H2,1-3H3,(H,16,17,18). The molecule has 2 rings (SSSR count). The summed E-state index contributed by atoms with van der Waals surface area (Å²) in [6.07, 6.45) is 0.779. The van der Waals surface area contributed by atoms with Gasteiger partial charge in [-0.05, 0) is 31.4 Å². The topological polar surface area (TPSA) is 45.8 Å². The minimum Gasteiger partial charge on any atom is -0.301 e. The molecule has 1 aromatic carbocycles. The van der Waals surface area contributed by atoms with Crippen LogP contribution in [0.15, 0.2) is 34.2 Å². The molecule has 100 valence electrons. The third kappa shape index (κ3) is 3.70.